The van der Waals surface area contributed by atoms with Crippen molar-refractivity contribution in [3.63, 3.8) is 0 Å². The highest BCUT2D eigenvalue weighted by Crippen LogP contribution is 1.89. The molecule has 76 valence electrons. The van der Waals surface area contributed by atoms with E-state index >= 15 is 0 Å². The van der Waals surface area contributed by atoms with Crippen molar-refractivity contribution in [3.8, 4) is 0 Å². The van der Waals surface area contributed by atoms with Crippen molar-refractivity contribution in [2.45, 2.75) is 0 Å². The van der Waals surface area contributed by atoms with Crippen molar-refractivity contribution in [2.75, 3.05) is 0 Å². The lowest BCUT2D eigenvalue weighted by molar-refractivity contribution is 1.81. The molecule has 3 heteroatoms. The van der Waals surface area contributed by atoms with Gasteiger partial charge in [-0.05, 0) is 10.6 Å². The second-order valence-corrected chi connectivity index (χ2v) is 6.70. The number of rotatable bonds is 2. The van der Waals surface area contributed by atoms with E-state index in [-0.39, 0.29) is 9.52 Å². The van der Waals surface area contributed by atoms with Crippen molar-refractivity contribution in [2.24, 2.45) is 0 Å². The van der Waals surface area contributed by atoms with Crippen LogP contribution in [0, 0.1) is 0 Å². The van der Waals surface area contributed by atoms with Gasteiger partial charge < -0.3 is 0 Å². The predicted molar refractivity (Wildman–Crippen MR) is 79.4 cm³/mol. The van der Waals surface area contributed by atoms with E-state index in [0.717, 1.165) is 0 Å². The first-order valence-electron chi connectivity index (χ1n) is 4.94. The van der Waals surface area contributed by atoms with Crippen LogP contribution in [0.15, 0.2) is 48.5 Å². The molecule has 0 radical (unpaired) electrons. The Morgan fingerprint density at radius 1 is 0.667 bits per heavy atom. The maximum absolute atomic E-state index is 2.83. The van der Waals surface area contributed by atoms with Crippen LogP contribution in [0.4, 0.5) is 0 Å². The highest BCUT2D eigenvalue weighted by atomic mass is 31.0. The summed E-state index contributed by atoms with van der Waals surface area (Å²) in [6.07, 6.45) is 0. The van der Waals surface area contributed by atoms with Gasteiger partial charge in [0.05, 0.1) is 9.52 Å². The van der Waals surface area contributed by atoms with Gasteiger partial charge in [-0.1, -0.05) is 58.9 Å². The third-order valence-electron chi connectivity index (χ3n) is 2.49. The molecule has 15 heavy (non-hydrogen) atoms. The van der Waals surface area contributed by atoms with Crippen LogP contribution < -0.4 is 21.0 Å². The minimum atomic E-state index is -0.334. The molecular weight excluding hydrogens is 234 g/mol. The smallest absolute Gasteiger partial charge is 0.0891 e. The van der Waals surface area contributed by atoms with E-state index in [1.165, 1.54) is 21.0 Å². The number of hydrogen-bond donors (Lipinski definition) is 0. The van der Waals surface area contributed by atoms with Crippen molar-refractivity contribution in [3.05, 3.63) is 48.5 Å². The molecule has 0 saturated carbocycles. The topological polar surface area (TPSA) is 0 Å². The number of hydrogen-bond acceptors (Lipinski definition) is 0. The second kappa shape index (κ2) is 5.03. The Kier molecular flexibility index (Phi) is 3.69. The summed E-state index contributed by atoms with van der Waals surface area (Å²) in [6, 6.07) is 17.2. The fraction of sp³-hybridized carbons (Fsp3) is 0. The van der Waals surface area contributed by atoms with Gasteiger partial charge in [-0.25, -0.2) is 0 Å². The summed E-state index contributed by atoms with van der Waals surface area (Å²) in [7, 11) is 5.32. The molecule has 2 atom stereocenters. The van der Waals surface area contributed by atoms with E-state index < -0.39 is 0 Å². The van der Waals surface area contributed by atoms with Gasteiger partial charge in [0.25, 0.3) is 0 Å². The highest BCUT2D eigenvalue weighted by Gasteiger charge is 2.02. The first-order valence-corrected chi connectivity index (χ1v) is 7.51. The fourth-order valence-corrected chi connectivity index (χ4v) is 4.18. The van der Waals surface area contributed by atoms with Gasteiger partial charge in [-0.2, -0.15) is 0 Å². The van der Waals surface area contributed by atoms with Crippen LogP contribution in [-0.4, -0.2) is 9.52 Å². The normalized spacial score (nSPS) is 10.3. The quantitative estimate of drug-likeness (QED) is 0.510. The summed E-state index contributed by atoms with van der Waals surface area (Å²) in [6.45, 7) is 0. The molecule has 0 heterocycles. The lowest BCUT2D eigenvalue weighted by Gasteiger charge is -2.07. The molecule has 2 rings (SSSR count). The Morgan fingerprint density at radius 2 is 1.07 bits per heavy atom. The molecule has 0 aliphatic rings. The fourth-order valence-electron chi connectivity index (χ4n) is 1.60. The molecule has 2 aromatic carbocycles. The highest BCUT2D eigenvalue weighted by molar-refractivity contribution is 7.29. The van der Waals surface area contributed by atoms with Crippen LogP contribution in [0.5, 0.6) is 0 Å². The number of benzene rings is 2. The lowest BCUT2D eigenvalue weighted by atomic mass is 10.4. The molecule has 0 aromatic heterocycles. The average Bonchev–Trinajstić information content (AvgIpc) is 2.24. The van der Waals surface area contributed by atoms with Crippen LogP contribution in [0.2, 0.25) is 0 Å². The van der Waals surface area contributed by atoms with E-state index in [1.54, 1.807) is 0 Å². The molecule has 0 amide bonds. The third-order valence-corrected chi connectivity index (χ3v) is 6.48. The molecule has 0 aliphatic heterocycles. The molecule has 0 fully saturated rings. The zero-order valence-electron chi connectivity index (χ0n) is 8.48. The van der Waals surface area contributed by atoms with E-state index in [1.807, 2.05) is 0 Å². The average molecular weight is 248 g/mol. The van der Waals surface area contributed by atoms with Crippen molar-refractivity contribution in [1.82, 2.24) is 0 Å². The molecule has 0 N–H and O–H groups in total. The summed E-state index contributed by atoms with van der Waals surface area (Å²) < 4.78 is 0. The Bertz CT molecular complexity index is 425. The van der Waals surface area contributed by atoms with Gasteiger partial charge in [0, 0.05) is 0 Å². The first-order chi connectivity index (χ1) is 7.27. The predicted octanol–water partition coefficient (Wildman–Crippen LogP) is -0.193. The molecule has 0 saturated heterocycles. The molecule has 2 unspecified atom stereocenters. The Morgan fingerprint density at radius 3 is 1.47 bits per heavy atom. The molecule has 0 bridgehead atoms. The Labute approximate surface area is 97.7 Å². The van der Waals surface area contributed by atoms with Crippen LogP contribution in [0.1, 0.15) is 0 Å². The summed E-state index contributed by atoms with van der Waals surface area (Å²) in [4.78, 5) is 0. The van der Waals surface area contributed by atoms with Gasteiger partial charge in [-0.3, -0.25) is 0 Å². The van der Waals surface area contributed by atoms with Crippen molar-refractivity contribution < 1.29 is 0 Å². The summed E-state index contributed by atoms with van der Waals surface area (Å²) in [5.41, 5.74) is 0. The first kappa shape index (κ1) is 11.0. The summed E-state index contributed by atoms with van der Waals surface area (Å²) >= 11 is 0. The minimum Gasteiger partial charge on any atom is -0.106 e. The zero-order chi connectivity index (χ0) is 10.7. The van der Waals surface area contributed by atoms with E-state index in [9.17, 15) is 0 Å². The van der Waals surface area contributed by atoms with Gasteiger partial charge >= 0.3 is 0 Å². The van der Waals surface area contributed by atoms with Gasteiger partial charge in [0.1, 0.15) is 0 Å². The molecule has 0 aliphatic carbocycles. The monoisotopic (exact) mass is 248 g/mol. The second-order valence-electron chi connectivity index (χ2n) is 3.57. The van der Waals surface area contributed by atoms with E-state index in [0.29, 0.717) is 0 Å². The maximum atomic E-state index is 2.83. The lowest BCUT2D eigenvalue weighted by Crippen LogP contribution is -2.39. The largest absolute Gasteiger partial charge is 0.106 e. The molecule has 2 aromatic rings. The van der Waals surface area contributed by atoms with Crippen LogP contribution >= 0.6 is 18.5 Å². The van der Waals surface area contributed by atoms with E-state index in [4.69, 9.17) is 0 Å². The molecular formula is C12H14P2Si. The van der Waals surface area contributed by atoms with Gasteiger partial charge in [-0.15, -0.1) is 18.5 Å². The Hall–Kier alpha value is -0.483. The van der Waals surface area contributed by atoms with Gasteiger partial charge in [0.2, 0.25) is 0 Å². The third kappa shape index (κ3) is 2.75. The van der Waals surface area contributed by atoms with Crippen molar-refractivity contribution >= 4 is 49.0 Å². The van der Waals surface area contributed by atoms with Crippen molar-refractivity contribution in [1.29, 1.82) is 0 Å². The molecule has 0 spiro atoms. The van der Waals surface area contributed by atoms with Crippen LogP contribution in [0.25, 0.3) is 0 Å². The maximum Gasteiger partial charge on any atom is 0.0891 e. The zero-order valence-corrected chi connectivity index (χ0v) is 12.2. The summed E-state index contributed by atoms with van der Waals surface area (Å²) in [5, 5.41) is 5.71. The summed E-state index contributed by atoms with van der Waals surface area (Å²) in [5.74, 6) is 0. The standard InChI is InChI=1S/C12H14P2Si/c13-9-5-1-3-7-11(9)15-12-8-4-2-6-10(12)14/h1-8H,13-15H2. The van der Waals surface area contributed by atoms with E-state index in [2.05, 4.69) is 67.0 Å². The molecule has 0 nitrogen and oxygen atoms in total. The van der Waals surface area contributed by atoms with Crippen LogP contribution in [-0.2, 0) is 0 Å². The Balaban J connectivity index is 2.30. The van der Waals surface area contributed by atoms with Gasteiger partial charge in [0.15, 0.2) is 0 Å². The van der Waals surface area contributed by atoms with Crippen LogP contribution in [0.3, 0.4) is 0 Å². The SMILES string of the molecule is Pc1ccccc1[SiH2]c1ccccc1P. The minimum absolute atomic E-state index is 0.334.